The topological polar surface area (TPSA) is 51.8 Å². The fourth-order valence-corrected chi connectivity index (χ4v) is 5.56. The van der Waals surface area contributed by atoms with Crippen LogP contribution in [0, 0.1) is 25.8 Å². The standard InChI is InChI=1S/C31H25N2O.C12H10N.Ir/c1-19-8-13-26-25-6-5-7-27(29(25)34-30(26)33-19)28-18-23(14-15-32-28)20-9-10-22-17-24(31(2,3)4)12-11-21(22)16-20;1-10-7-8-12(13-9-10)11-5-3-2-4-6-11;/h5-6,8-18H,1-4H3;2-5,7-9H,1H3;/q2*-1;/i2*1D3;. The van der Waals surface area contributed by atoms with E-state index in [0.717, 1.165) is 38.9 Å². The second kappa shape index (κ2) is 13.6. The zero-order valence-electron chi connectivity index (χ0n) is 32.6. The van der Waals surface area contributed by atoms with Gasteiger partial charge in [0.15, 0.2) is 0 Å². The quantitative estimate of drug-likeness (QED) is 0.167. The van der Waals surface area contributed by atoms with Crippen molar-refractivity contribution in [2.45, 2.75) is 39.9 Å². The van der Waals surface area contributed by atoms with Crippen molar-refractivity contribution in [2.24, 2.45) is 0 Å². The van der Waals surface area contributed by atoms with E-state index < -0.39 is 13.7 Å². The number of hydrogen-bond acceptors (Lipinski definition) is 4. The van der Waals surface area contributed by atoms with Crippen molar-refractivity contribution in [3.8, 4) is 33.6 Å². The third-order valence-electron chi connectivity index (χ3n) is 8.10. The maximum atomic E-state index is 7.67. The van der Waals surface area contributed by atoms with Gasteiger partial charge in [-0.1, -0.05) is 80.3 Å². The van der Waals surface area contributed by atoms with Gasteiger partial charge in [0.1, 0.15) is 0 Å². The number of aryl methyl sites for hydroxylation is 2. The summed E-state index contributed by atoms with van der Waals surface area (Å²) in [6, 6.07) is 41.3. The van der Waals surface area contributed by atoms with Crippen LogP contribution in [0.3, 0.4) is 0 Å². The Morgan fingerprint density at radius 3 is 2.33 bits per heavy atom. The summed E-state index contributed by atoms with van der Waals surface area (Å²) in [6.45, 7) is 2.28. The van der Waals surface area contributed by atoms with Gasteiger partial charge >= 0.3 is 0 Å². The maximum Gasteiger partial charge on any atom is 0.216 e. The van der Waals surface area contributed by atoms with E-state index in [2.05, 4.69) is 84.3 Å². The molecule has 4 heterocycles. The van der Waals surface area contributed by atoms with E-state index in [0.29, 0.717) is 16.9 Å². The Hall–Kier alpha value is -4.96. The van der Waals surface area contributed by atoms with Gasteiger partial charge in [0.05, 0.1) is 5.58 Å². The number of furan rings is 1. The number of fused-ring (bicyclic) bond motifs is 4. The molecule has 0 saturated heterocycles. The summed E-state index contributed by atoms with van der Waals surface area (Å²) < 4.78 is 50.8. The second-order valence-electron chi connectivity index (χ2n) is 12.4. The Bertz CT molecular complexity index is 2580. The number of rotatable bonds is 3. The molecule has 0 atom stereocenters. The fourth-order valence-electron chi connectivity index (χ4n) is 5.56. The van der Waals surface area contributed by atoms with Crippen molar-refractivity contribution < 1.29 is 32.7 Å². The van der Waals surface area contributed by atoms with Gasteiger partial charge in [-0.2, -0.15) is 0 Å². The minimum absolute atomic E-state index is 0. The van der Waals surface area contributed by atoms with Crippen molar-refractivity contribution >= 4 is 32.8 Å². The summed E-state index contributed by atoms with van der Waals surface area (Å²) >= 11 is 0. The van der Waals surface area contributed by atoms with Crippen LogP contribution in [0.5, 0.6) is 0 Å². The minimum Gasteiger partial charge on any atom is -0.486 e. The summed E-state index contributed by atoms with van der Waals surface area (Å²) in [5, 5.41) is 4.01. The van der Waals surface area contributed by atoms with E-state index in [-0.39, 0.29) is 36.8 Å². The molecular formula is C43H35IrN3O-2. The zero-order valence-corrected chi connectivity index (χ0v) is 29.0. The number of hydrogen-bond donors (Lipinski definition) is 0. The average molecular weight is 808 g/mol. The van der Waals surface area contributed by atoms with E-state index in [1.807, 2.05) is 42.5 Å². The molecule has 8 rings (SSSR count). The maximum absolute atomic E-state index is 7.67. The van der Waals surface area contributed by atoms with Gasteiger partial charge in [0.25, 0.3) is 0 Å². The molecule has 0 N–H and O–H groups in total. The van der Waals surface area contributed by atoms with E-state index in [4.69, 9.17) is 12.6 Å². The molecule has 8 aromatic rings. The predicted molar refractivity (Wildman–Crippen MR) is 193 cm³/mol. The number of benzene rings is 4. The van der Waals surface area contributed by atoms with Crippen molar-refractivity contribution in [1.82, 2.24) is 15.0 Å². The molecule has 48 heavy (non-hydrogen) atoms. The monoisotopic (exact) mass is 808 g/mol. The van der Waals surface area contributed by atoms with Crippen LogP contribution in [0.25, 0.3) is 66.5 Å². The first kappa shape index (κ1) is 26.0. The van der Waals surface area contributed by atoms with Gasteiger partial charge in [-0.25, -0.2) is 4.98 Å². The van der Waals surface area contributed by atoms with Crippen LogP contribution in [0.4, 0.5) is 0 Å². The molecule has 0 bridgehead atoms. The van der Waals surface area contributed by atoms with E-state index in [9.17, 15) is 0 Å². The Labute approximate surface area is 303 Å². The van der Waals surface area contributed by atoms with Crippen molar-refractivity contribution in [1.29, 1.82) is 0 Å². The van der Waals surface area contributed by atoms with Gasteiger partial charge in [0, 0.05) is 51.8 Å². The molecule has 4 aromatic heterocycles. The third-order valence-corrected chi connectivity index (χ3v) is 8.10. The van der Waals surface area contributed by atoms with Crippen molar-refractivity contribution in [3.05, 3.63) is 151 Å². The molecule has 0 amide bonds. The summed E-state index contributed by atoms with van der Waals surface area (Å²) in [4.78, 5) is 13.0. The number of aromatic nitrogens is 3. The zero-order chi connectivity index (χ0) is 37.5. The molecule has 4 nitrogen and oxygen atoms in total. The number of pyridine rings is 3. The predicted octanol–water partition coefficient (Wildman–Crippen LogP) is 11.1. The average Bonchev–Trinajstić information content (AvgIpc) is 3.52. The molecule has 239 valence electrons. The van der Waals surface area contributed by atoms with Gasteiger partial charge in [-0.3, -0.25) is 0 Å². The molecule has 0 aliphatic rings. The molecule has 0 unspecified atom stereocenters. The van der Waals surface area contributed by atoms with Crippen molar-refractivity contribution in [3.63, 3.8) is 0 Å². The molecule has 0 aliphatic heterocycles. The largest absolute Gasteiger partial charge is 0.486 e. The normalized spacial score (nSPS) is 13.6. The van der Waals surface area contributed by atoms with Crippen LogP contribution < -0.4 is 0 Å². The van der Waals surface area contributed by atoms with Crippen LogP contribution in [0.15, 0.2) is 126 Å². The molecule has 0 fully saturated rings. The Kier molecular flexibility index (Phi) is 7.40. The Morgan fingerprint density at radius 2 is 1.56 bits per heavy atom. The summed E-state index contributed by atoms with van der Waals surface area (Å²) in [5.41, 5.74) is 7.73. The van der Waals surface area contributed by atoms with Crippen LogP contribution >= 0.6 is 0 Å². The second-order valence-corrected chi connectivity index (χ2v) is 12.4. The SMILES string of the molecule is [2H]C([2H])([2H])c1ccc(-c2[c-]cccc2)nc1.[2H]C([2H])([2H])c1ccc2c(n1)oc1c(-c3cc(-c4ccc5cc(C(C)(C)C)ccc5c4)ccn3)[c-]ccc12.[Ir]. The van der Waals surface area contributed by atoms with Crippen LogP contribution in [0.2, 0.25) is 0 Å². The van der Waals surface area contributed by atoms with E-state index >= 15 is 0 Å². The Morgan fingerprint density at radius 1 is 0.708 bits per heavy atom. The van der Waals surface area contributed by atoms with Crippen molar-refractivity contribution in [2.75, 3.05) is 0 Å². The fraction of sp³-hybridized carbons (Fsp3) is 0.140. The molecule has 0 saturated carbocycles. The molecule has 1 radical (unpaired) electrons. The summed E-state index contributed by atoms with van der Waals surface area (Å²) in [6.07, 6.45) is 3.18. The summed E-state index contributed by atoms with van der Waals surface area (Å²) in [7, 11) is 0. The first-order valence-corrected chi connectivity index (χ1v) is 15.3. The summed E-state index contributed by atoms with van der Waals surface area (Å²) in [5.74, 6) is 0. The van der Waals surface area contributed by atoms with E-state index in [1.54, 1.807) is 30.5 Å². The molecule has 5 heteroatoms. The molecule has 4 aromatic carbocycles. The van der Waals surface area contributed by atoms with Crippen LogP contribution in [-0.2, 0) is 25.5 Å². The number of nitrogens with zero attached hydrogens (tertiary/aromatic N) is 3. The first-order valence-electron chi connectivity index (χ1n) is 18.3. The Balaban J connectivity index is 0.000000246. The van der Waals surface area contributed by atoms with Gasteiger partial charge in [-0.05, 0) is 87.8 Å². The van der Waals surface area contributed by atoms with Gasteiger partial charge in [0.2, 0.25) is 5.71 Å². The molecule has 0 spiro atoms. The smallest absolute Gasteiger partial charge is 0.216 e. The van der Waals surface area contributed by atoms with Gasteiger partial charge < -0.3 is 14.4 Å². The minimum atomic E-state index is -2.30. The van der Waals surface area contributed by atoms with Crippen LogP contribution in [0.1, 0.15) is 45.8 Å². The molecular weight excluding hydrogens is 767 g/mol. The third kappa shape index (κ3) is 6.85. The molecule has 0 aliphatic carbocycles. The van der Waals surface area contributed by atoms with Crippen LogP contribution in [-0.4, -0.2) is 15.0 Å². The van der Waals surface area contributed by atoms with E-state index in [1.165, 1.54) is 28.6 Å². The first-order chi connectivity index (χ1) is 25.1. The van der Waals surface area contributed by atoms with Gasteiger partial charge in [-0.15, -0.1) is 54.1 Å².